The van der Waals surface area contributed by atoms with Crippen molar-refractivity contribution in [2.24, 2.45) is 5.16 Å². The quantitative estimate of drug-likeness (QED) is 0.257. The maximum Gasteiger partial charge on any atom is 0.392 e. The summed E-state index contributed by atoms with van der Waals surface area (Å²) in [6, 6.07) is 4.91. The van der Waals surface area contributed by atoms with Crippen LogP contribution in [-0.2, 0) is 11.4 Å². The third kappa shape index (κ3) is 3.63. The van der Waals surface area contributed by atoms with Gasteiger partial charge < -0.3 is 9.68 Å². The maximum absolute atomic E-state index is 8.36. The Morgan fingerprint density at radius 3 is 3.07 bits per heavy atom. The highest BCUT2D eigenvalue weighted by Gasteiger charge is 1.98. The van der Waals surface area contributed by atoms with Crippen molar-refractivity contribution in [3.8, 4) is 6.07 Å². The lowest BCUT2D eigenvalue weighted by Gasteiger charge is -1.95. The van der Waals surface area contributed by atoms with E-state index in [-0.39, 0.29) is 12.4 Å². The Hall–Kier alpha value is -2.11. The Balaban J connectivity index is 2.53. The Morgan fingerprint density at radius 2 is 2.53 bits per heavy atom. The fourth-order valence-electron chi connectivity index (χ4n) is 0.726. The Morgan fingerprint density at radius 1 is 1.73 bits per heavy atom. The van der Waals surface area contributed by atoms with Gasteiger partial charge in [-0.15, -0.1) is 0 Å². The molecule has 0 fully saturated rings. The normalized spacial score (nSPS) is 10.2. The lowest BCUT2D eigenvalue weighted by molar-refractivity contribution is 0.131. The first-order valence-electron chi connectivity index (χ1n) is 3.84. The van der Waals surface area contributed by atoms with E-state index in [1.165, 1.54) is 6.20 Å². The predicted molar refractivity (Wildman–Crippen MR) is 53.7 cm³/mol. The summed E-state index contributed by atoms with van der Waals surface area (Å²) in [5.74, 6) is -0.336. The Bertz CT molecular complexity index is 425. The highest BCUT2D eigenvalue weighted by Crippen LogP contribution is 2.06. The van der Waals surface area contributed by atoms with E-state index < -0.39 is 0 Å². The van der Waals surface area contributed by atoms with E-state index in [4.69, 9.17) is 28.3 Å². The second-order valence-corrected chi connectivity index (χ2v) is 2.79. The first-order valence-corrected chi connectivity index (χ1v) is 4.22. The lowest BCUT2D eigenvalue weighted by atomic mass is 10.3. The molecule has 1 heterocycles. The van der Waals surface area contributed by atoms with Crippen molar-refractivity contribution in [3.63, 3.8) is 0 Å². The van der Waals surface area contributed by atoms with Gasteiger partial charge in [0.15, 0.2) is 6.61 Å². The molecule has 0 N–H and O–H groups in total. The van der Waals surface area contributed by atoms with Crippen molar-refractivity contribution >= 4 is 17.4 Å². The van der Waals surface area contributed by atoms with Crippen molar-refractivity contribution in [3.05, 3.63) is 40.5 Å². The van der Waals surface area contributed by atoms with E-state index in [0.717, 1.165) is 5.56 Å². The van der Waals surface area contributed by atoms with Crippen LogP contribution in [0.2, 0.25) is 5.15 Å². The van der Waals surface area contributed by atoms with Crippen LogP contribution in [0.25, 0.3) is 4.85 Å². The van der Waals surface area contributed by atoms with E-state index in [2.05, 4.69) is 15.0 Å². The minimum absolute atomic E-state index is 0.144. The van der Waals surface area contributed by atoms with Gasteiger partial charge in [-0.25, -0.2) is 10.2 Å². The molecular weight excluding hydrogens is 216 g/mol. The van der Waals surface area contributed by atoms with Gasteiger partial charge in [0.1, 0.15) is 11.2 Å². The Kier molecular flexibility index (Phi) is 4.08. The van der Waals surface area contributed by atoms with Crippen LogP contribution < -0.4 is 0 Å². The number of hydrogen-bond acceptors (Lipinski definition) is 4. The molecule has 0 saturated carbocycles. The summed E-state index contributed by atoms with van der Waals surface area (Å²) in [5.41, 5.74) is 0.755. The zero-order chi connectivity index (χ0) is 11.1. The molecule has 0 saturated heterocycles. The Labute approximate surface area is 91.4 Å². The molecule has 15 heavy (non-hydrogen) atoms. The summed E-state index contributed by atoms with van der Waals surface area (Å²) in [4.78, 5) is 11.4. The van der Waals surface area contributed by atoms with Crippen molar-refractivity contribution in [2.75, 3.05) is 0 Å². The molecule has 0 bridgehead atoms. The fraction of sp³-hybridized carbons (Fsp3) is 0.111. The average molecular weight is 221 g/mol. The standard InChI is InChI=1S/C9H5ClN4O/c1-12-9(4-11)14-15-6-7-2-3-8(10)13-5-7/h2-3,5H,6H2/b14-9-. The van der Waals surface area contributed by atoms with Crippen LogP contribution >= 0.6 is 11.6 Å². The van der Waals surface area contributed by atoms with Gasteiger partial charge in [0.25, 0.3) is 0 Å². The van der Waals surface area contributed by atoms with Gasteiger partial charge in [0.2, 0.25) is 0 Å². The smallest absolute Gasteiger partial charge is 0.348 e. The van der Waals surface area contributed by atoms with Crippen molar-refractivity contribution < 1.29 is 4.84 Å². The average Bonchev–Trinajstić information content (AvgIpc) is 2.27. The van der Waals surface area contributed by atoms with Crippen LogP contribution in [0.3, 0.4) is 0 Å². The number of nitriles is 1. The zero-order valence-electron chi connectivity index (χ0n) is 7.51. The van der Waals surface area contributed by atoms with Crippen LogP contribution in [0.15, 0.2) is 23.5 Å². The topological polar surface area (TPSA) is 62.6 Å². The van der Waals surface area contributed by atoms with Crippen LogP contribution in [0.4, 0.5) is 0 Å². The van der Waals surface area contributed by atoms with Crippen LogP contribution in [0.1, 0.15) is 5.56 Å². The number of nitrogens with zero attached hydrogens (tertiary/aromatic N) is 4. The second-order valence-electron chi connectivity index (χ2n) is 2.40. The van der Waals surface area contributed by atoms with Gasteiger partial charge in [-0.3, -0.25) is 0 Å². The number of halogens is 1. The number of rotatable bonds is 3. The van der Waals surface area contributed by atoms with E-state index in [9.17, 15) is 0 Å². The molecule has 1 aromatic rings. The SMILES string of the molecule is [C-]#[N+]/C(C#N)=N\OCc1ccc(Cl)nc1. The number of amidine groups is 1. The molecule has 0 atom stereocenters. The van der Waals surface area contributed by atoms with Crippen molar-refractivity contribution in [1.82, 2.24) is 4.98 Å². The molecule has 0 amide bonds. The molecule has 6 heteroatoms. The van der Waals surface area contributed by atoms with Crippen LogP contribution in [0.5, 0.6) is 0 Å². The van der Waals surface area contributed by atoms with Crippen molar-refractivity contribution in [1.29, 1.82) is 5.26 Å². The van der Waals surface area contributed by atoms with Crippen molar-refractivity contribution in [2.45, 2.75) is 6.61 Å². The minimum Gasteiger partial charge on any atom is -0.348 e. The molecule has 0 aliphatic heterocycles. The zero-order valence-corrected chi connectivity index (χ0v) is 8.27. The van der Waals surface area contributed by atoms with Gasteiger partial charge >= 0.3 is 5.84 Å². The van der Waals surface area contributed by atoms with Gasteiger partial charge in [-0.1, -0.05) is 24.2 Å². The van der Waals surface area contributed by atoms with E-state index in [0.29, 0.717) is 5.15 Å². The number of hydrogen-bond donors (Lipinski definition) is 0. The third-order valence-corrected chi connectivity index (χ3v) is 1.60. The van der Waals surface area contributed by atoms with E-state index >= 15 is 0 Å². The first kappa shape index (κ1) is 11.0. The summed E-state index contributed by atoms with van der Waals surface area (Å²) in [7, 11) is 0. The maximum atomic E-state index is 8.36. The summed E-state index contributed by atoms with van der Waals surface area (Å²) >= 11 is 5.58. The highest BCUT2D eigenvalue weighted by molar-refractivity contribution is 6.29. The molecular formula is C9H5ClN4O. The van der Waals surface area contributed by atoms with Gasteiger partial charge in [0.05, 0.1) is 5.16 Å². The van der Waals surface area contributed by atoms with E-state index in [1.807, 2.05) is 0 Å². The van der Waals surface area contributed by atoms with Gasteiger partial charge in [0, 0.05) is 11.8 Å². The van der Waals surface area contributed by atoms with E-state index in [1.54, 1.807) is 18.2 Å². The first-order chi connectivity index (χ1) is 7.26. The molecule has 1 aromatic heterocycles. The summed E-state index contributed by atoms with van der Waals surface area (Å²) in [5, 5.41) is 12.1. The lowest BCUT2D eigenvalue weighted by Crippen LogP contribution is -1.91. The molecule has 0 unspecified atom stereocenters. The molecule has 1 rings (SSSR count). The second kappa shape index (κ2) is 5.58. The predicted octanol–water partition coefficient (Wildman–Crippen LogP) is 2.01. The highest BCUT2D eigenvalue weighted by atomic mass is 35.5. The number of aromatic nitrogens is 1. The minimum atomic E-state index is -0.336. The molecule has 0 aliphatic rings. The largest absolute Gasteiger partial charge is 0.392 e. The number of pyridine rings is 1. The summed E-state index contributed by atoms with van der Waals surface area (Å²) in [6.07, 6.45) is 1.53. The molecule has 0 aliphatic carbocycles. The monoisotopic (exact) mass is 220 g/mol. The van der Waals surface area contributed by atoms with Gasteiger partial charge in [-0.2, -0.15) is 0 Å². The molecule has 5 nitrogen and oxygen atoms in total. The molecule has 0 spiro atoms. The fourth-order valence-corrected chi connectivity index (χ4v) is 0.837. The molecule has 0 aromatic carbocycles. The third-order valence-electron chi connectivity index (χ3n) is 1.38. The summed E-state index contributed by atoms with van der Waals surface area (Å²) in [6.45, 7) is 6.68. The summed E-state index contributed by atoms with van der Waals surface area (Å²) < 4.78 is 0. The number of oxime groups is 1. The molecule has 74 valence electrons. The molecule has 0 radical (unpaired) electrons. The van der Waals surface area contributed by atoms with Gasteiger partial charge in [-0.05, 0) is 6.07 Å². The van der Waals surface area contributed by atoms with Crippen LogP contribution in [-0.4, -0.2) is 10.8 Å². The van der Waals surface area contributed by atoms with Crippen LogP contribution in [0, 0.1) is 17.9 Å².